The van der Waals surface area contributed by atoms with Crippen molar-refractivity contribution in [2.75, 3.05) is 19.6 Å². The minimum Gasteiger partial charge on any atom is -0.306 e. The Labute approximate surface area is 187 Å². The number of rotatable bonds is 4. The predicted octanol–water partition coefficient (Wildman–Crippen LogP) is 4.25. The van der Waals surface area contributed by atoms with Gasteiger partial charge in [0.25, 0.3) is 0 Å². The molecule has 1 N–H and O–H groups in total. The number of alkyl halides is 3. The first kappa shape index (κ1) is 21.7. The fraction of sp³-hybridized carbons (Fsp3) is 0.435. The van der Waals surface area contributed by atoms with Gasteiger partial charge in [0.15, 0.2) is 5.65 Å². The van der Waals surface area contributed by atoms with Crippen molar-refractivity contribution in [1.29, 1.82) is 0 Å². The van der Waals surface area contributed by atoms with Crippen LogP contribution in [0.4, 0.5) is 13.2 Å². The molecule has 1 aliphatic rings. The number of aryl methyl sites for hydroxylation is 2. The van der Waals surface area contributed by atoms with Crippen LogP contribution in [0.1, 0.15) is 36.4 Å². The van der Waals surface area contributed by atoms with Crippen molar-refractivity contribution >= 4 is 16.7 Å². The first-order chi connectivity index (χ1) is 15.7. The smallest absolute Gasteiger partial charge is 0.306 e. The number of imidazole rings is 1. The monoisotopic (exact) mass is 458 g/mol. The standard InChI is InChI=1S/C23H25F3N6O/c1-14-9-20-19(10-18(14)16-8-15(2)21-27-13-28-31(21)11-16)29-22(33)32(20)17-4-3-6-30(12-17)7-5-23(24,25)26/h8-11,13,17H,3-7,12H2,1-2H3,(H,29,33). The molecule has 1 aromatic carbocycles. The summed E-state index contributed by atoms with van der Waals surface area (Å²) >= 11 is 0. The van der Waals surface area contributed by atoms with Gasteiger partial charge in [-0.05, 0) is 68.1 Å². The number of benzene rings is 1. The number of hydrogen-bond acceptors (Lipinski definition) is 4. The second kappa shape index (κ2) is 8.02. The van der Waals surface area contributed by atoms with Crippen LogP contribution in [0.15, 0.2) is 35.5 Å². The van der Waals surface area contributed by atoms with Crippen LogP contribution in [0.2, 0.25) is 0 Å². The molecule has 0 bridgehead atoms. The van der Waals surface area contributed by atoms with Crippen LogP contribution in [0.5, 0.6) is 0 Å². The highest BCUT2D eigenvalue weighted by atomic mass is 19.4. The highest BCUT2D eigenvalue weighted by Gasteiger charge is 2.30. The number of nitrogens with one attached hydrogen (secondary N) is 1. The van der Waals surface area contributed by atoms with Crippen molar-refractivity contribution in [2.45, 2.75) is 45.3 Å². The molecule has 0 spiro atoms. The molecular formula is C23H25F3N6O. The molecule has 7 nitrogen and oxygen atoms in total. The van der Waals surface area contributed by atoms with Crippen molar-refractivity contribution in [3.63, 3.8) is 0 Å². The van der Waals surface area contributed by atoms with Gasteiger partial charge in [-0.15, -0.1) is 0 Å². The van der Waals surface area contributed by atoms with Crippen molar-refractivity contribution in [3.05, 3.63) is 52.3 Å². The molecule has 0 radical (unpaired) electrons. The normalized spacial score (nSPS) is 17.9. The van der Waals surface area contributed by atoms with Gasteiger partial charge in [0, 0.05) is 24.8 Å². The molecule has 1 unspecified atom stereocenters. The Balaban J connectivity index is 1.49. The zero-order valence-corrected chi connectivity index (χ0v) is 18.5. The highest BCUT2D eigenvalue weighted by Crippen LogP contribution is 2.31. The quantitative estimate of drug-likeness (QED) is 0.497. The van der Waals surface area contributed by atoms with Crippen LogP contribution in [0.3, 0.4) is 0 Å². The Morgan fingerprint density at radius 2 is 2.00 bits per heavy atom. The summed E-state index contributed by atoms with van der Waals surface area (Å²) in [5.74, 6) is 0. The number of H-pyrrole nitrogens is 1. The number of aromatic nitrogens is 5. The topological polar surface area (TPSA) is 71.2 Å². The number of aromatic amines is 1. The maximum atomic E-state index is 12.9. The molecule has 1 saturated heterocycles. The molecule has 0 amide bonds. The average Bonchev–Trinajstić information content (AvgIpc) is 3.35. The third-order valence-corrected chi connectivity index (χ3v) is 6.49. The van der Waals surface area contributed by atoms with Gasteiger partial charge in [-0.2, -0.15) is 18.3 Å². The summed E-state index contributed by atoms with van der Waals surface area (Å²) in [5.41, 5.74) is 6.00. The number of likely N-dealkylation sites (tertiary alicyclic amines) is 1. The third kappa shape index (κ3) is 4.15. The van der Waals surface area contributed by atoms with E-state index in [-0.39, 0.29) is 18.3 Å². The Morgan fingerprint density at radius 3 is 2.79 bits per heavy atom. The second-order valence-electron chi connectivity index (χ2n) is 8.89. The van der Waals surface area contributed by atoms with Crippen molar-refractivity contribution in [1.82, 2.24) is 29.0 Å². The number of pyridine rings is 1. The number of halogens is 3. The van der Waals surface area contributed by atoms with E-state index in [4.69, 9.17) is 0 Å². The van der Waals surface area contributed by atoms with Gasteiger partial charge in [-0.25, -0.2) is 14.3 Å². The van der Waals surface area contributed by atoms with E-state index in [2.05, 4.69) is 15.1 Å². The Bertz CT molecular complexity index is 1380. The molecule has 1 aliphatic heterocycles. The molecule has 4 heterocycles. The molecular weight excluding hydrogens is 433 g/mol. The lowest BCUT2D eigenvalue weighted by Crippen LogP contribution is -2.40. The van der Waals surface area contributed by atoms with Crippen LogP contribution >= 0.6 is 0 Å². The van der Waals surface area contributed by atoms with E-state index in [1.54, 1.807) is 9.08 Å². The lowest BCUT2D eigenvalue weighted by Gasteiger charge is -2.33. The number of nitrogens with zero attached hydrogens (tertiary/aromatic N) is 5. The molecule has 174 valence electrons. The fourth-order valence-electron chi connectivity index (χ4n) is 4.92. The summed E-state index contributed by atoms with van der Waals surface area (Å²) in [5, 5.41) is 4.24. The van der Waals surface area contributed by atoms with Crippen LogP contribution in [-0.4, -0.2) is 54.9 Å². The summed E-state index contributed by atoms with van der Waals surface area (Å²) in [4.78, 5) is 21.9. The third-order valence-electron chi connectivity index (χ3n) is 6.49. The summed E-state index contributed by atoms with van der Waals surface area (Å²) in [7, 11) is 0. The molecule has 4 aromatic rings. The first-order valence-electron chi connectivity index (χ1n) is 11.0. The Hall–Kier alpha value is -3.14. The van der Waals surface area contributed by atoms with E-state index < -0.39 is 12.6 Å². The maximum absolute atomic E-state index is 12.9. The molecule has 3 aromatic heterocycles. The van der Waals surface area contributed by atoms with Gasteiger partial charge >= 0.3 is 11.9 Å². The van der Waals surface area contributed by atoms with E-state index in [9.17, 15) is 18.0 Å². The van der Waals surface area contributed by atoms with E-state index >= 15 is 0 Å². The number of fused-ring (bicyclic) bond motifs is 2. The molecule has 0 aliphatic carbocycles. The highest BCUT2D eigenvalue weighted by molar-refractivity contribution is 5.84. The van der Waals surface area contributed by atoms with Crippen molar-refractivity contribution < 1.29 is 13.2 Å². The zero-order chi connectivity index (χ0) is 23.3. The van der Waals surface area contributed by atoms with Gasteiger partial charge in [0.2, 0.25) is 0 Å². The average molecular weight is 458 g/mol. The molecule has 0 saturated carbocycles. The largest absolute Gasteiger partial charge is 0.390 e. The second-order valence-corrected chi connectivity index (χ2v) is 8.89. The van der Waals surface area contributed by atoms with E-state index in [1.807, 2.05) is 43.1 Å². The first-order valence-corrected chi connectivity index (χ1v) is 11.0. The van der Waals surface area contributed by atoms with Crippen LogP contribution < -0.4 is 5.69 Å². The Morgan fingerprint density at radius 1 is 1.18 bits per heavy atom. The number of piperidine rings is 1. The van der Waals surface area contributed by atoms with Gasteiger partial charge in [-0.1, -0.05) is 0 Å². The van der Waals surface area contributed by atoms with Crippen LogP contribution in [0, 0.1) is 13.8 Å². The van der Waals surface area contributed by atoms with E-state index in [0.717, 1.165) is 46.3 Å². The lowest BCUT2D eigenvalue weighted by atomic mass is 9.99. The van der Waals surface area contributed by atoms with Crippen LogP contribution in [-0.2, 0) is 0 Å². The van der Waals surface area contributed by atoms with Gasteiger partial charge < -0.3 is 9.88 Å². The van der Waals surface area contributed by atoms with Crippen LogP contribution in [0.25, 0.3) is 27.8 Å². The lowest BCUT2D eigenvalue weighted by molar-refractivity contribution is -0.138. The number of hydrogen-bond donors (Lipinski definition) is 1. The van der Waals surface area contributed by atoms with Gasteiger partial charge in [0.05, 0.1) is 23.5 Å². The minimum atomic E-state index is -4.17. The maximum Gasteiger partial charge on any atom is 0.390 e. The molecule has 33 heavy (non-hydrogen) atoms. The molecule has 10 heteroatoms. The molecule has 1 fully saturated rings. The van der Waals surface area contributed by atoms with Gasteiger partial charge in [-0.3, -0.25) is 4.57 Å². The zero-order valence-electron chi connectivity index (χ0n) is 18.5. The summed E-state index contributed by atoms with van der Waals surface area (Å²) < 4.78 is 41.5. The van der Waals surface area contributed by atoms with Crippen molar-refractivity contribution in [2.24, 2.45) is 0 Å². The van der Waals surface area contributed by atoms with Crippen molar-refractivity contribution in [3.8, 4) is 11.1 Å². The summed E-state index contributed by atoms with van der Waals surface area (Å²) in [6.45, 7) is 4.99. The fourth-order valence-corrected chi connectivity index (χ4v) is 4.92. The van der Waals surface area contributed by atoms with Gasteiger partial charge in [0.1, 0.15) is 6.33 Å². The van der Waals surface area contributed by atoms with E-state index in [1.165, 1.54) is 6.33 Å². The summed E-state index contributed by atoms with van der Waals surface area (Å²) in [6.07, 6.45) is -0.0549. The summed E-state index contributed by atoms with van der Waals surface area (Å²) in [6, 6.07) is 5.84. The molecule has 5 rings (SSSR count). The van der Waals surface area contributed by atoms with E-state index in [0.29, 0.717) is 18.6 Å². The predicted molar refractivity (Wildman–Crippen MR) is 119 cm³/mol. The molecule has 1 atom stereocenters. The Kier molecular flexibility index (Phi) is 5.27. The minimum absolute atomic E-state index is 0.0373. The SMILES string of the molecule is Cc1cc2c(cc1-c1cc(C)c3ncnn3c1)[nH]c(=O)n2C1CCCN(CCC(F)(F)F)C1.